The zero-order valence-electron chi connectivity index (χ0n) is 9.75. The maximum atomic E-state index is 11.4. The molecule has 0 bridgehead atoms. The molecule has 0 aromatic carbocycles. The summed E-state index contributed by atoms with van der Waals surface area (Å²) < 4.78 is 4.69. The normalized spacial score (nSPS) is 13.0. The van der Waals surface area contributed by atoms with Crippen molar-refractivity contribution in [1.29, 1.82) is 0 Å². The van der Waals surface area contributed by atoms with E-state index in [4.69, 9.17) is 0 Å². The zero-order valence-corrected chi connectivity index (χ0v) is 9.75. The van der Waals surface area contributed by atoms with Crippen molar-refractivity contribution in [2.45, 2.75) is 19.9 Å². The Bertz CT molecular complexity index is 361. The monoisotopic (exact) mass is 220 g/mol. The van der Waals surface area contributed by atoms with Crippen molar-refractivity contribution in [1.82, 2.24) is 4.98 Å². The summed E-state index contributed by atoms with van der Waals surface area (Å²) in [6, 6.07) is 5.07. The molecule has 0 spiro atoms. The topological polar surface area (TPSA) is 51.5 Å². The number of aromatic nitrogens is 1. The first-order valence-electron chi connectivity index (χ1n) is 5.17. The summed E-state index contributed by atoms with van der Waals surface area (Å²) in [5.74, 6) is -0.213. The fourth-order valence-corrected chi connectivity index (χ4v) is 1.23. The summed E-state index contributed by atoms with van der Waals surface area (Å²) >= 11 is 0. The van der Waals surface area contributed by atoms with Gasteiger partial charge in [0.05, 0.1) is 12.8 Å². The van der Waals surface area contributed by atoms with Gasteiger partial charge in [-0.05, 0) is 18.1 Å². The van der Waals surface area contributed by atoms with Crippen molar-refractivity contribution in [3.8, 4) is 0 Å². The highest BCUT2D eigenvalue weighted by Gasteiger charge is 2.20. The summed E-state index contributed by atoms with van der Waals surface area (Å²) in [5, 5.41) is 0. The summed E-state index contributed by atoms with van der Waals surface area (Å²) in [5.41, 5.74) is 0.733. The summed E-state index contributed by atoms with van der Waals surface area (Å²) in [6.07, 6.45) is 3.28. The molecule has 1 rings (SSSR count). The predicted octanol–water partition coefficient (Wildman–Crippen LogP) is 1.70. The van der Waals surface area contributed by atoms with E-state index >= 15 is 0 Å². The second-order valence-electron chi connectivity index (χ2n) is 3.74. The number of ether oxygens (including phenoxy) is 1. The molecule has 1 heterocycles. The standard InChI is InChI=1S/C12H16N2O2/c1-9(2)11(12(15)16-3)14-8-10-6-4-5-7-13-10/h4-9,11H,1-3H3/t11-/m0/s1. The SMILES string of the molecule is COC(=O)[C@@H](N=Cc1ccccn1)C(C)C. The lowest BCUT2D eigenvalue weighted by atomic mass is 10.1. The van der Waals surface area contributed by atoms with E-state index in [1.54, 1.807) is 12.4 Å². The van der Waals surface area contributed by atoms with Gasteiger partial charge in [-0.15, -0.1) is 0 Å². The molecule has 0 amide bonds. The molecule has 0 saturated carbocycles. The molecule has 0 saturated heterocycles. The van der Waals surface area contributed by atoms with E-state index in [9.17, 15) is 4.79 Å². The van der Waals surface area contributed by atoms with Gasteiger partial charge in [0, 0.05) is 12.4 Å². The van der Waals surface area contributed by atoms with Crippen LogP contribution in [-0.4, -0.2) is 30.3 Å². The molecule has 0 radical (unpaired) electrons. The van der Waals surface area contributed by atoms with Crippen molar-refractivity contribution in [3.05, 3.63) is 30.1 Å². The van der Waals surface area contributed by atoms with Crippen LogP contribution in [0.4, 0.5) is 0 Å². The number of hydrogen-bond acceptors (Lipinski definition) is 4. The zero-order chi connectivity index (χ0) is 12.0. The van der Waals surface area contributed by atoms with Crippen LogP contribution < -0.4 is 0 Å². The number of hydrogen-bond donors (Lipinski definition) is 0. The molecule has 0 aliphatic rings. The lowest BCUT2D eigenvalue weighted by molar-refractivity contribution is -0.143. The van der Waals surface area contributed by atoms with Gasteiger partial charge >= 0.3 is 5.97 Å². The van der Waals surface area contributed by atoms with Crippen LogP contribution in [-0.2, 0) is 9.53 Å². The quantitative estimate of drug-likeness (QED) is 0.573. The van der Waals surface area contributed by atoms with E-state index in [0.29, 0.717) is 0 Å². The maximum Gasteiger partial charge on any atom is 0.330 e. The number of carbonyl (C=O) groups is 1. The molecule has 0 fully saturated rings. The molecular weight excluding hydrogens is 204 g/mol. The molecular formula is C12H16N2O2. The van der Waals surface area contributed by atoms with Crippen LogP contribution in [0.3, 0.4) is 0 Å². The minimum atomic E-state index is -0.466. The Kier molecular flexibility index (Phi) is 4.64. The van der Waals surface area contributed by atoms with Gasteiger partial charge in [0.1, 0.15) is 6.04 Å². The maximum absolute atomic E-state index is 11.4. The van der Waals surface area contributed by atoms with E-state index in [-0.39, 0.29) is 11.9 Å². The van der Waals surface area contributed by atoms with Gasteiger partial charge in [-0.2, -0.15) is 0 Å². The highest BCUT2D eigenvalue weighted by atomic mass is 16.5. The van der Waals surface area contributed by atoms with Crippen LogP contribution in [0.15, 0.2) is 29.4 Å². The molecule has 1 aromatic rings. The lowest BCUT2D eigenvalue weighted by Crippen LogP contribution is -2.26. The van der Waals surface area contributed by atoms with Crippen molar-refractivity contribution in [2.24, 2.45) is 10.9 Å². The summed E-state index contributed by atoms with van der Waals surface area (Å²) in [7, 11) is 1.37. The van der Waals surface area contributed by atoms with Gasteiger partial charge in [-0.3, -0.25) is 9.98 Å². The van der Waals surface area contributed by atoms with E-state index < -0.39 is 6.04 Å². The van der Waals surface area contributed by atoms with Crippen LogP contribution >= 0.6 is 0 Å². The van der Waals surface area contributed by atoms with Gasteiger partial charge in [0.15, 0.2) is 0 Å². The van der Waals surface area contributed by atoms with Crippen LogP contribution in [0.25, 0.3) is 0 Å². The number of esters is 1. The van der Waals surface area contributed by atoms with Gasteiger partial charge in [0.25, 0.3) is 0 Å². The Morgan fingerprint density at radius 3 is 2.75 bits per heavy atom. The van der Waals surface area contributed by atoms with Crippen LogP contribution in [0.1, 0.15) is 19.5 Å². The molecule has 0 aliphatic heterocycles. The molecule has 0 unspecified atom stereocenters. The summed E-state index contributed by atoms with van der Waals surface area (Å²) in [4.78, 5) is 19.7. The molecule has 16 heavy (non-hydrogen) atoms. The van der Waals surface area contributed by atoms with Gasteiger partial charge in [-0.25, -0.2) is 4.79 Å². The van der Waals surface area contributed by atoms with Crippen molar-refractivity contribution >= 4 is 12.2 Å². The van der Waals surface area contributed by atoms with E-state index in [1.807, 2.05) is 32.0 Å². The highest BCUT2D eigenvalue weighted by Crippen LogP contribution is 2.08. The Morgan fingerprint density at radius 1 is 1.50 bits per heavy atom. The van der Waals surface area contributed by atoms with E-state index in [0.717, 1.165) is 5.69 Å². The second kappa shape index (κ2) is 6.00. The average molecular weight is 220 g/mol. The first kappa shape index (κ1) is 12.4. The van der Waals surface area contributed by atoms with E-state index in [2.05, 4.69) is 14.7 Å². The van der Waals surface area contributed by atoms with E-state index in [1.165, 1.54) is 7.11 Å². The predicted molar refractivity (Wildman–Crippen MR) is 62.5 cm³/mol. The number of nitrogens with zero attached hydrogens (tertiary/aromatic N) is 2. The van der Waals surface area contributed by atoms with Crippen LogP contribution in [0.2, 0.25) is 0 Å². The number of carbonyl (C=O) groups excluding carboxylic acids is 1. The number of pyridine rings is 1. The van der Waals surface area contributed by atoms with Crippen LogP contribution in [0.5, 0.6) is 0 Å². The van der Waals surface area contributed by atoms with Gasteiger partial charge in [0.2, 0.25) is 0 Å². The Labute approximate surface area is 95.4 Å². The molecule has 4 nitrogen and oxygen atoms in total. The minimum absolute atomic E-state index is 0.104. The lowest BCUT2D eigenvalue weighted by Gasteiger charge is -2.12. The second-order valence-corrected chi connectivity index (χ2v) is 3.74. The first-order valence-corrected chi connectivity index (χ1v) is 5.17. The summed E-state index contributed by atoms with van der Waals surface area (Å²) in [6.45, 7) is 3.86. The molecule has 1 aromatic heterocycles. The molecule has 0 N–H and O–H groups in total. The fourth-order valence-electron chi connectivity index (χ4n) is 1.23. The molecule has 86 valence electrons. The van der Waals surface area contributed by atoms with Gasteiger partial charge < -0.3 is 4.74 Å². The van der Waals surface area contributed by atoms with Crippen molar-refractivity contribution < 1.29 is 9.53 Å². The highest BCUT2D eigenvalue weighted by molar-refractivity contribution is 5.82. The molecule has 4 heteroatoms. The molecule has 1 atom stereocenters. The molecule has 0 aliphatic carbocycles. The third-order valence-electron chi connectivity index (χ3n) is 2.13. The number of aliphatic imine (C=N–C) groups is 1. The first-order chi connectivity index (χ1) is 7.65. The third-order valence-corrected chi connectivity index (χ3v) is 2.13. The van der Waals surface area contributed by atoms with Crippen LogP contribution in [0, 0.1) is 5.92 Å². The van der Waals surface area contributed by atoms with Crippen molar-refractivity contribution in [2.75, 3.05) is 7.11 Å². The smallest absolute Gasteiger partial charge is 0.330 e. The Balaban J connectivity index is 2.76. The van der Waals surface area contributed by atoms with Crippen molar-refractivity contribution in [3.63, 3.8) is 0 Å². The largest absolute Gasteiger partial charge is 0.467 e. The number of rotatable bonds is 4. The van der Waals surface area contributed by atoms with Gasteiger partial charge in [-0.1, -0.05) is 19.9 Å². The minimum Gasteiger partial charge on any atom is -0.467 e. The third kappa shape index (κ3) is 3.46. The fraction of sp³-hybridized carbons (Fsp3) is 0.417. The Hall–Kier alpha value is -1.71. The Morgan fingerprint density at radius 2 is 2.25 bits per heavy atom. The number of methoxy groups -OCH3 is 1. The average Bonchev–Trinajstić information content (AvgIpc) is 2.30.